The molecular formula is C12H17N3O3. The van der Waals surface area contributed by atoms with Crippen LogP contribution in [-0.2, 0) is 11.3 Å². The Morgan fingerprint density at radius 2 is 2.00 bits per heavy atom. The van der Waals surface area contributed by atoms with Crippen molar-refractivity contribution >= 4 is 11.9 Å². The van der Waals surface area contributed by atoms with Crippen LogP contribution in [-0.4, -0.2) is 44.8 Å². The fourth-order valence-corrected chi connectivity index (χ4v) is 2.11. The molecule has 2 rings (SSSR count). The van der Waals surface area contributed by atoms with Crippen molar-refractivity contribution in [3.63, 3.8) is 0 Å². The number of piperidine rings is 1. The number of hydrogen-bond donors (Lipinski definition) is 1. The van der Waals surface area contributed by atoms with Crippen molar-refractivity contribution in [2.45, 2.75) is 32.2 Å². The molecule has 0 radical (unpaired) electrons. The Morgan fingerprint density at radius 1 is 1.28 bits per heavy atom. The van der Waals surface area contributed by atoms with Gasteiger partial charge >= 0.3 is 5.97 Å². The molecule has 0 saturated carbocycles. The number of hydrogen-bond acceptors (Lipinski definition) is 3. The Labute approximate surface area is 105 Å². The van der Waals surface area contributed by atoms with Gasteiger partial charge in [0.2, 0.25) is 5.91 Å². The molecule has 2 heterocycles. The van der Waals surface area contributed by atoms with Gasteiger partial charge in [-0.1, -0.05) is 0 Å². The van der Waals surface area contributed by atoms with Gasteiger partial charge in [0.15, 0.2) is 5.69 Å². The molecule has 1 aliphatic rings. The SMILES string of the molecule is O=C(O)c1ccn(CCC(=O)N2CCCCC2)n1. The molecular weight excluding hydrogens is 234 g/mol. The number of carboxylic acids is 1. The second-order valence-corrected chi connectivity index (χ2v) is 4.46. The molecule has 0 bridgehead atoms. The van der Waals surface area contributed by atoms with E-state index < -0.39 is 5.97 Å². The Morgan fingerprint density at radius 3 is 2.61 bits per heavy atom. The lowest BCUT2D eigenvalue weighted by molar-refractivity contribution is -0.132. The standard InChI is InChI=1S/C12H17N3O3/c16-11(14-6-2-1-3-7-14)5-9-15-8-4-10(13-15)12(17)18/h4,8H,1-3,5-7,9H2,(H,17,18). The zero-order valence-corrected chi connectivity index (χ0v) is 10.2. The molecule has 18 heavy (non-hydrogen) atoms. The molecule has 1 aliphatic heterocycles. The van der Waals surface area contributed by atoms with Crippen LogP contribution in [0.15, 0.2) is 12.3 Å². The molecule has 0 atom stereocenters. The van der Waals surface area contributed by atoms with E-state index in [-0.39, 0.29) is 11.6 Å². The molecule has 98 valence electrons. The maximum absolute atomic E-state index is 11.9. The molecule has 6 nitrogen and oxygen atoms in total. The van der Waals surface area contributed by atoms with Crippen LogP contribution in [0.1, 0.15) is 36.2 Å². The summed E-state index contributed by atoms with van der Waals surface area (Å²) >= 11 is 0. The first-order chi connectivity index (χ1) is 8.66. The molecule has 1 saturated heterocycles. The number of aromatic carboxylic acids is 1. The van der Waals surface area contributed by atoms with Gasteiger partial charge in [0, 0.05) is 32.3 Å². The molecule has 0 unspecified atom stereocenters. The average Bonchev–Trinajstić information content (AvgIpc) is 2.86. The highest BCUT2D eigenvalue weighted by Crippen LogP contribution is 2.10. The van der Waals surface area contributed by atoms with Gasteiger partial charge < -0.3 is 10.0 Å². The lowest BCUT2D eigenvalue weighted by Crippen LogP contribution is -2.36. The van der Waals surface area contributed by atoms with Crippen LogP contribution in [0.4, 0.5) is 0 Å². The first kappa shape index (κ1) is 12.6. The van der Waals surface area contributed by atoms with E-state index in [1.807, 2.05) is 4.90 Å². The molecule has 1 fully saturated rings. The van der Waals surface area contributed by atoms with E-state index in [1.165, 1.54) is 17.2 Å². The number of amides is 1. The maximum atomic E-state index is 11.9. The largest absolute Gasteiger partial charge is 0.476 e. The first-order valence-electron chi connectivity index (χ1n) is 6.21. The minimum Gasteiger partial charge on any atom is -0.476 e. The second-order valence-electron chi connectivity index (χ2n) is 4.46. The number of rotatable bonds is 4. The van der Waals surface area contributed by atoms with Crippen molar-refractivity contribution in [1.29, 1.82) is 0 Å². The fraction of sp³-hybridized carbons (Fsp3) is 0.583. The molecule has 6 heteroatoms. The predicted octanol–water partition coefficient (Wildman–Crippen LogP) is 0.984. The lowest BCUT2D eigenvalue weighted by Gasteiger charge is -2.26. The van der Waals surface area contributed by atoms with E-state index in [4.69, 9.17) is 5.11 Å². The van der Waals surface area contributed by atoms with E-state index in [1.54, 1.807) is 6.20 Å². The third-order valence-electron chi connectivity index (χ3n) is 3.12. The summed E-state index contributed by atoms with van der Waals surface area (Å²) < 4.78 is 1.51. The summed E-state index contributed by atoms with van der Waals surface area (Å²) in [5.74, 6) is -0.918. The van der Waals surface area contributed by atoms with Crippen molar-refractivity contribution in [3.05, 3.63) is 18.0 Å². The van der Waals surface area contributed by atoms with Crippen molar-refractivity contribution in [2.75, 3.05) is 13.1 Å². The molecule has 1 amide bonds. The normalized spacial score (nSPS) is 15.7. The quantitative estimate of drug-likeness (QED) is 0.865. The zero-order chi connectivity index (χ0) is 13.0. The first-order valence-corrected chi connectivity index (χ1v) is 6.21. The smallest absolute Gasteiger partial charge is 0.356 e. The third kappa shape index (κ3) is 3.09. The summed E-state index contributed by atoms with van der Waals surface area (Å²) in [6.45, 7) is 2.12. The summed E-state index contributed by atoms with van der Waals surface area (Å²) in [6.07, 6.45) is 5.33. The van der Waals surface area contributed by atoms with Gasteiger partial charge in [-0.15, -0.1) is 0 Å². The van der Waals surface area contributed by atoms with Gasteiger partial charge in [-0.25, -0.2) is 4.79 Å². The van der Waals surface area contributed by atoms with Gasteiger partial charge in [0.25, 0.3) is 0 Å². The molecule has 0 aliphatic carbocycles. The van der Waals surface area contributed by atoms with Crippen molar-refractivity contribution in [2.24, 2.45) is 0 Å². The van der Waals surface area contributed by atoms with Crippen LogP contribution in [0.5, 0.6) is 0 Å². The second kappa shape index (κ2) is 5.66. The summed E-state index contributed by atoms with van der Waals surface area (Å²) in [6, 6.07) is 1.44. The van der Waals surface area contributed by atoms with Crippen LogP contribution in [0, 0.1) is 0 Å². The Balaban J connectivity index is 1.82. The number of carboxylic acid groups (broad SMARTS) is 1. The predicted molar refractivity (Wildman–Crippen MR) is 64.2 cm³/mol. The van der Waals surface area contributed by atoms with E-state index in [0.29, 0.717) is 13.0 Å². The average molecular weight is 251 g/mol. The van der Waals surface area contributed by atoms with E-state index >= 15 is 0 Å². The Hall–Kier alpha value is -1.85. The highest BCUT2D eigenvalue weighted by Gasteiger charge is 2.16. The van der Waals surface area contributed by atoms with E-state index in [0.717, 1.165) is 25.9 Å². The zero-order valence-electron chi connectivity index (χ0n) is 10.2. The van der Waals surface area contributed by atoms with Crippen LogP contribution < -0.4 is 0 Å². The number of likely N-dealkylation sites (tertiary alicyclic amines) is 1. The number of aryl methyl sites for hydroxylation is 1. The summed E-state index contributed by atoms with van der Waals surface area (Å²) in [5, 5.41) is 12.6. The van der Waals surface area contributed by atoms with Gasteiger partial charge in [-0.3, -0.25) is 9.48 Å². The minimum atomic E-state index is -1.05. The van der Waals surface area contributed by atoms with Crippen LogP contribution in [0.3, 0.4) is 0 Å². The summed E-state index contributed by atoms with van der Waals surface area (Å²) in [5.41, 5.74) is 0.0143. The molecule has 1 aromatic rings. The molecule has 1 aromatic heterocycles. The third-order valence-corrected chi connectivity index (χ3v) is 3.12. The number of carbonyl (C=O) groups is 2. The Bertz CT molecular complexity index is 436. The minimum absolute atomic E-state index is 0.0143. The fourth-order valence-electron chi connectivity index (χ4n) is 2.11. The molecule has 0 aromatic carbocycles. The number of aromatic nitrogens is 2. The highest BCUT2D eigenvalue weighted by molar-refractivity contribution is 5.85. The van der Waals surface area contributed by atoms with Crippen molar-refractivity contribution in [3.8, 4) is 0 Å². The van der Waals surface area contributed by atoms with Gasteiger partial charge in [0.1, 0.15) is 0 Å². The number of carbonyl (C=O) groups excluding carboxylic acids is 1. The van der Waals surface area contributed by atoms with Crippen molar-refractivity contribution < 1.29 is 14.7 Å². The van der Waals surface area contributed by atoms with Crippen LogP contribution >= 0.6 is 0 Å². The van der Waals surface area contributed by atoms with Crippen LogP contribution in [0.2, 0.25) is 0 Å². The summed E-state index contributed by atoms with van der Waals surface area (Å²) in [4.78, 5) is 24.4. The van der Waals surface area contributed by atoms with Gasteiger partial charge in [-0.05, 0) is 25.3 Å². The molecule has 1 N–H and O–H groups in total. The number of nitrogens with zero attached hydrogens (tertiary/aromatic N) is 3. The Kier molecular flexibility index (Phi) is 3.96. The molecule has 0 spiro atoms. The monoisotopic (exact) mass is 251 g/mol. The summed E-state index contributed by atoms with van der Waals surface area (Å²) in [7, 11) is 0. The van der Waals surface area contributed by atoms with Crippen LogP contribution in [0.25, 0.3) is 0 Å². The van der Waals surface area contributed by atoms with Gasteiger partial charge in [-0.2, -0.15) is 5.10 Å². The van der Waals surface area contributed by atoms with E-state index in [2.05, 4.69) is 5.10 Å². The van der Waals surface area contributed by atoms with Gasteiger partial charge in [0.05, 0.1) is 0 Å². The van der Waals surface area contributed by atoms with E-state index in [9.17, 15) is 9.59 Å². The lowest BCUT2D eigenvalue weighted by atomic mass is 10.1. The topological polar surface area (TPSA) is 75.4 Å². The highest BCUT2D eigenvalue weighted by atomic mass is 16.4. The maximum Gasteiger partial charge on any atom is 0.356 e. The van der Waals surface area contributed by atoms with Crippen molar-refractivity contribution in [1.82, 2.24) is 14.7 Å².